The first kappa shape index (κ1) is 19.4. The average molecular weight is 366 g/mol. The van der Waals surface area contributed by atoms with Gasteiger partial charge in [0.05, 0.1) is 6.04 Å². The fraction of sp³-hybridized carbons (Fsp3) is 0.435. The molecular formula is C23H31N3O. The first-order valence-electron chi connectivity index (χ1n) is 9.77. The first-order valence-corrected chi connectivity index (χ1v) is 9.77. The predicted molar refractivity (Wildman–Crippen MR) is 112 cm³/mol. The van der Waals surface area contributed by atoms with Crippen LogP contribution >= 0.6 is 0 Å². The molecule has 0 aliphatic carbocycles. The smallest absolute Gasteiger partial charge is 0.254 e. The zero-order valence-electron chi connectivity index (χ0n) is 17.0. The van der Waals surface area contributed by atoms with E-state index in [2.05, 4.69) is 48.2 Å². The maximum Gasteiger partial charge on any atom is 0.254 e. The minimum Gasteiger partial charge on any atom is -0.378 e. The van der Waals surface area contributed by atoms with Crippen molar-refractivity contribution in [1.82, 2.24) is 9.80 Å². The molecule has 1 aliphatic heterocycles. The molecule has 0 bridgehead atoms. The molecule has 144 valence electrons. The van der Waals surface area contributed by atoms with Crippen LogP contribution in [0.2, 0.25) is 0 Å². The fourth-order valence-electron chi connectivity index (χ4n) is 3.81. The zero-order valence-corrected chi connectivity index (χ0v) is 17.0. The highest BCUT2D eigenvalue weighted by Crippen LogP contribution is 2.32. The molecule has 1 fully saturated rings. The van der Waals surface area contributed by atoms with Crippen molar-refractivity contribution in [3.63, 3.8) is 0 Å². The minimum absolute atomic E-state index is 0.140. The molecule has 1 saturated heterocycles. The summed E-state index contributed by atoms with van der Waals surface area (Å²) in [5, 5.41) is 0. The Kier molecular flexibility index (Phi) is 6.17. The second-order valence-corrected chi connectivity index (χ2v) is 7.93. The summed E-state index contributed by atoms with van der Waals surface area (Å²) in [5.41, 5.74) is 4.38. The van der Waals surface area contributed by atoms with Crippen LogP contribution in [0.5, 0.6) is 0 Å². The molecule has 1 amide bonds. The van der Waals surface area contributed by atoms with Gasteiger partial charge in [0, 0.05) is 38.4 Å². The number of likely N-dealkylation sites (tertiary alicyclic amines) is 1. The van der Waals surface area contributed by atoms with Crippen LogP contribution in [0.15, 0.2) is 48.5 Å². The normalized spacial score (nSPS) is 17.2. The monoisotopic (exact) mass is 365 g/mol. The van der Waals surface area contributed by atoms with E-state index in [1.807, 2.05) is 43.3 Å². The standard InChI is InChI=1S/C23H31N3O/c1-24(2)17-18-11-13-19(14-12-18)22-10-5-6-15-26(22)23(27)20-8-7-9-21(16-20)25(3)4/h7-9,11-14,16,22H,5-6,10,15,17H2,1-4H3. The van der Waals surface area contributed by atoms with Gasteiger partial charge in [0.15, 0.2) is 0 Å². The lowest BCUT2D eigenvalue weighted by molar-refractivity contribution is 0.0611. The highest BCUT2D eigenvalue weighted by atomic mass is 16.2. The Morgan fingerprint density at radius 2 is 1.78 bits per heavy atom. The summed E-state index contributed by atoms with van der Waals surface area (Å²) in [7, 11) is 8.17. The van der Waals surface area contributed by atoms with Crippen LogP contribution in [0.3, 0.4) is 0 Å². The van der Waals surface area contributed by atoms with Crippen molar-refractivity contribution in [1.29, 1.82) is 0 Å². The van der Waals surface area contributed by atoms with E-state index in [0.29, 0.717) is 0 Å². The lowest BCUT2D eigenvalue weighted by atomic mass is 9.93. The summed E-state index contributed by atoms with van der Waals surface area (Å²) in [4.78, 5) is 19.5. The number of benzene rings is 2. The van der Waals surface area contributed by atoms with Crippen molar-refractivity contribution < 1.29 is 4.79 Å². The molecule has 0 radical (unpaired) electrons. The molecule has 2 aromatic carbocycles. The van der Waals surface area contributed by atoms with Gasteiger partial charge in [-0.25, -0.2) is 0 Å². The van der Waals surface area contributed by atoms with Gasteiger partial charge in [-0.3, -0.25) is 4.79 Å². The van der Waals surface area contributed by atoms with Gasteiger partial charge in [-0.15, -0.1) is 0 Å². The number of carbonyl (C=O) groups excluding carboxylic acids is 1. The molecule has 3 rings (SSSR count). The van der Waals surface area contributed by atoms with Crippen LogP contribution < -0.4 is 4.90 Å². The van der Waals surface area contributed by atoms with Gasteiger partial charge in [0.1, 0.15) is 0 Å². The summed E-state index contributed by atoms with van der Waals surface area (Å²) in [5.74, 6) is 0.140. The molecule has 4 heteroatoms. The van der Waals surface area contributed by atoms with Crippen LogP contribution in [0.25, 0.3) is 0 Å². The van der Waals surface area contributed by atoms with E-state index in [9.17, 15) is 4.79 Å². The van der Waals surface area contributed by atoms with Crippen molar-refractivity contribution in [3.8, 4) is 0 Å². The third kappa shape index (κ3) is 4.69. The number of hydrogen-bond acceptors (Lipinski definition) is 3. The lowest BCUT2D eigenvalue weighted by Gasteiger charge is -2.36. The Morgan fingerprint density at radius 3 is 2.44 bits per heavy atom. The van der Waals surface area contributed by atoms with Gasteiger partial charge < -0.3 is 14.7 Å². The summed E-state index contributed by atoms with van der Waals surface area (Å²) in [6.07, 6.45) is 3.28. The number of nitrogens with zero attached hydrogens (tertiary/aromatic N) is 3. The van der Waals surface area contributed by atoms with Crippen molar-refractivity contribution >= 4 is 11.6 Å². The Morgan fingerprint density at radius 1 is 1.04 bits per heavy atom. The Hall–Kier alpha value is -2.33. The zero-order chi connectivity index (χ0) is 19.4. The molecule has 1 atom stereocenters. The van der Waals surface area contributed by atoms with Gasteiger partial charge in [-0.05, 0) is 62.7 Å². The number of hydrogen-bond donors (Lipinski definition) is 0. The van der Waals surface area contributed by atoms with Crippen molar-refractivity contribution in [2.24, 2.45) is 0 Å². The lowest BCUT2D eigenvalue weighted by Crippen LogP contribution is -2.38. The Bertz CT molecular complexity index is 767. The van der Waals surface area contributed by atoms with Gasteiger partial charge in [0.25, 0.3) is 5.91 Å². The molecule has 0 aromatic heterocycles. The first-order chi connectivity index (χ1) is 13.0. The number of carbonyl (C=O) groups is 1. The Labute approximate surface area is 163 Å². The van der Waals surface area contributed by atoms with Crippen LogP contribution in [-0.2, 0) is 6.54 Å². The quantitative estimate of drug-likeness (QED) is 0.795. The molecule has 1 aliphatic rings. The van der Waals surface area contributed by atoms with E-state index in [1.54, 1.807) is 0 Å². The van der Waals surface area contributed by atoms with E-state index in [1.165, 1.54) is 17.5 Å². The highest BCUT2D eigenvalue weighted by Gasteiger charge is 2.28. The molecule has 0 N–H and O–H groups in total. The van der Waals surface area contributed by atoms with Gasteiger partial charge in [-0.1, -0.05) is 30.3 Å². The van der Waals surface area contributed by atoms with Gasteiger partial charge >= 0.3 is 0 Å². The molecule has 0 spiro atoms. The predicted octanol–water partition coefficient (Wildman–Crippen LogP) is 4.18. The van der Waals surface area contributed by atoms with Crippen LogP contribution in [0.4, 0.5) is 5.69 Å². The number of piperidine rings is 1. The second-order valence-electron chi connectivity index (χ2n) is 7.93. The molecule has 1 unspecified atom stereocenters. The molecule has 1 heterocycles. The Balaban J connectivity index is 1.82. The van der Waals surface area contributed by atoms with E-state index in [4.69, 9.17) is 0 Å². The highest BCUT2D eigenvalue weighted by molar-refractivity contribution is 5.95. The number of amides is 1. The molecule has 4 nitrogen and oxygen atoms in total. The topological polar surface area (TPSA) is 26.8 Å². The third-order valence-electron chi connectivity index (χ3n) is 5.24. The van der Waals surface area contributed by atoms with Crippen molar-refractivity contribution in [2.45, 2.75) is 31.8 Å². The van der Waals surface area contributed by atoms with Crippen molar-refractivity contribution in [3.05, 3.63) is 65.2 Å². The van der Waals surface area contributed by atoms with Gasteiger partial charge in [0.2, 0.25) is 0 Å². The molecule has 27 heavy (non-hydrogen) atoms. The summed E-state index contributed by atoms with van der Waals surface area (Å²) >= 11 is 0. The number of rotatable bonds is 5. The summed E-state index contributed by atoms with van der Waals surface area (Å²) < 4.78 is 0. The van der Waals surface area contributed by atoms with E-state index < -0.39 is 0 Å². The average Bonchev–Trinajstić information content (AvgIpc) is 2.67. The summed E-state index contributed by atoms with van der Waals surface area (Å²) in [6, 6.07) is 16.9. The van der Waals surface area contributed by atoms with Crippen LogP contribution in [0, 0.1) is 0 Å². The maximum atomic E-state index is 13.3. The maximum absolute atomic E-state index is 13.3. The summed E-state index contributed by atoms with van der Waals surface area (Å²) in [6.45, 7) is 1.76. The van der Waals surface area contributed by atoms with Crippen molar-refractivity contribution in [2.75, 3.05) is 39.6 Å². The number of anilines is 1. The molecule has 2 aromatic rings. The third-order valence-corrected chi connectivity index (χ3v) is 5.24. The van der Waals surface area contributed by atoms with Crippen LogP contribution in [-0.4, -0.2) is 50.4 Å². The largest absolute Gasteiger partial charge is 0.378 e. The molecule has 0 saturated carbocycles. The SMILES string of the molecule is CN(C)Cc1ccc(C2CCCCN2C(=O)c2cccc(N(C)C)c2)cc1. The molecular weight excluding hydrogens is 334 g/mol. The van der Waals surface area contributed by atoms with E-state index >= 15 is 0 Å². The minimum atomic E-state index is 0.140. The second kappa shape index (κ2) is 8.57. The van der Waals surface area contributed by atoms with E-state index in [-0.39, 0.29) is 11.9 Å². The van der Waals surface area contributed by atoms with Crippen LogP contribution in [0.1, 0.15) is 46.8 Å². The van der Waals surface area contributed by atoms with Gasteiger partial charge in [-0.2, -0.15) is 0 Å². The van der Waals surface area contributed by atoms with E-state index in [0.717, 1.165) is 37.2 Å². The fourth-order valence-corrected chi connectivity index (χ4v) is 3.81.